The minimum atomic E-state index is 0.852. The molecule has 0 aliphatic carbocycles. The minimum absolute atomic E-state index is 0.852. The van der Waals surface area contributed by atoms with Gasteiger partial charge in [0.1, 0.15) is 15.7 Å². The van der Waals surface area contributed by atoms with Gasteiger partial charge in [0.25, 0.3) is 0 Å². The maximum Gasteiger partial charge on any atom is 0.104 e. The average Bonchev–Trinajstić information content (AvgIpc) is 1.36. The van der Waals surface area contributed by atoms with Gasteiger partial charge in [0.05, 0.1) is 0 Å². The van der Waals surface area contributed by atoms with E-state index >= 15 is 0 Å². The third kappa shape index (κ3) is 2.37. The highest BCUT2D eigenvalue weighted by molar-refractivity contribution is 6.20. The van der Waals surface area contributed by atoms with Gasteiger partial charge in [-0.15, -0.1) is 0 Å². The molecule has 0 amide bonds. The highest BCUT2D eigenvalue weighted by atomic mass is 13.9. The lowest BCUT2D eigenvalue weighted by atomic mass is 9.69. The monoisotopic (exact) mass is 82.1 g/mol. The Morgan fingerprint density at radius 1 is 1.00 bits per heavy atom. The van der Waals surface area contributed by atoms with Gasteiger partial charge in [-0.2, -0.15) is 0 Å². The number of hydrogen-bond donors (Lipinski definition) is 0. The molecule has 2 atom stereocenters. The van der Waals surface area contributed by atoms with Crippen molar-refractivity contribution in [2.24, 2.45) is 0 Å². The Kier molecular flexibility index (Phi) is 2.38. The minimum Gasteiger partial charge on any atom is -0.0769 e. The Labute approximate surface area is 42.1 Å². The molecule has 2 unspecified atom stereocenters. The van der Waals surface area contributed by atoms with Crippen LogP contribution in [0, 0.1) is 0 Å². The van der Waals surface area contributed by atoms with Gasteiger partial charge in [-0.05, 0) is 0 Å². The predicted molar refractivity (Wildman–Crippen MR) is 35.9 cm³/mol. The number of rotatable bonds is 1. The molecule has 2 heteroatoms. The molecular weight excluding hydrogens is 69.7 g/mol. The van der Waals surface area contributed by atoms with Crippen LogP contribution in [0.3, 0.4) is 0 Å². The van der Waals surface area contributed by atoms with E-state index in [1.165, 1.54) is 0 Å². The normalized spacial score (nSPS) is 19.7. The summed E-state index contributed by atoms with van der Waals surface area (Å²) in [5.41, 5.74) is 0. The van der Waals surface area contributed by atoms with Crippen molar-refractivity contribution in [1.29, 1.82) is 0 Å². The van der Waals surface area contributed by atoms with Crippen LogP contribution in [0.5, 0.6) is 0 Å². The molecule has 0 rings (SSSR count). The molecule has 0 aromatic heterocycles. The Morgan fingerprint density at radius 3 is 1.17 bits per heavy atom. The summed E-state index contributed by atoms with van der Waals surface area (Å²) in [6.45, 7) is 4.48. The molecule has 0 saturated carbocycles. The van der Waals surface area contributed by atoms with E-state index in [0.717, 1.165) is 11.6 Å². The lowest BCUT2D eigenvalue weighted by molar-refractivity contribution is 0.875. The molecule has 0 nitrogen and oxygen atoms in total. The van der Waals surface area contributed by atoms with Crippen LogP contribution in [0.1, 0.15) is 13.8 Å². The van der Waals surface area contributed by atoms with Crippen molar-refractivity contribution < 1.29 is 0 Å². The van der Waals surface area contributed by atoms with E-state index in [1.807, 2.05) is 0 Å². The summed E-state index contributed by atoms with van der Waals surface area (Å²) >= 11 is 0. The van der Waals surface area contributed by atoms with E-state index in [2.05, 4.69) is 29.5 Å². The molecule has 0 aromatic carbocycles. The fraction of sp³-hybridized carbons (Fsp3) is 1.00. The molecule has 0 aromatic rings. The molecule has 0 aliphatic rings. The molecule has 0 saturated heterocycles. The first-order valence-electron chi connectivity index (χ1n) is 2.64. The molecular formula is C4H12B2. The van der Waals surface area contributed by atoms with Crippen molar-refractivity contribution in [3.05, 3.63) is 0 Å². The standard InChI is InChI=1S/C4H12B2/c1-3(5)4(2)6/h3-4H,5-6H2,1-2H3. The van der Waals surface area contributed by atoms with Gasteiger partial charge in [-0.1, -0.05) is 25.5 Å². The van der Waals surface area contributed by atoms with Crippen LogP contribution in [0.2, 0.25) is 11.6 Å². The van der Waals surface area contributed by atoms with Crippen LogP contribution in [0.4, 0.5) is 0 Å². The summed E-state index contributed by atoms with van der Waals surface area (Å²) in [6, 6.07) is 0. The second-order valence-corrected chi connectivity index (χ2v) is 2.49. The van der Waals surface area contributed by atoms with E-state index in [9.17, 15) is 0 Å². The molecule has 6 heavy (non-hydrogen) atoms. The van der Waals surface area contributed by atoms with E-state index in [1.54, 1.807) is 0 Å². The molecule has 34 valence electrons. The van der Waals surface area contributed by atoms with Gasteiger partial charge in [0, 0.05) is 0 Å². The Balaban J connectivity index is 2.99. The summed E-state index contributed by atoms with van der Waals surface area (Å²) in [5, 5.41) is 0. The molecule has 0 radical (unpaired) electrons. The zero-order valence-corrected chi connectivity index (χ0v) is 5.15. The fourth-order valence-electron chi connectivity index (χ4n) is 0. The molecule has 0 N–H and O–H groups in total. The molecule has 0 fully saturated rings. The topological polar surface area (TPSA) is 0 Å². The van der Waals surface area contributed by atoms with Gasteiger partial charge in [-0.25, -0.2) is 0 Å². The van der Waals surface area contributed by atoms with Crippen LogP contribution in [0.15, 0.2) is 0 Å². The Morgan fingerprint density at radius 2 is 1.17 bits per heavy atom. The average molecular weight is 81.8 g/mol. The first-order valence-corrected chi connectivity index (χ1v) is 2.64. The summed E-state index contributed by atoms with van der Waals surface area (Å²) < 4.78 is 0. The second kappa shape index (κ2) is 2.33. The van der Waals surface area contributed by atoms with E-state index in [4.69, 9.17) is 0 Å². The van der Waals surface area contributed by atoms with Crippen molar-refractivity contribution >= 4 is 15.7 Å². The van der Waals surface area contributed by atoms with Crippen LogP contribution in [0.25, 0.3) is 0 Å². The van der Waals surface area contributed by atoms with E-state index < -0.39 is 0 Å². The van der Waals surface area contributed by atoms with Crippen molar-refractivity contribution in [2.45, 2.75) is 25.5 Å². The van der Waals surface area contributed by atoms with Crippen molar-refractivity contribution in [2.75, 3.05) is 0 Å². The Bertz CT molecular complexity index is 26.5. The first kappa shape index (κ1) is 6.13. The number of hydrogen-bond acceptors (Lipinski definition) is 0. The third-order valence-electron chi connectivity index (χ3n) is 1.33. The summed E-state index contributed by atoms with van der Waals surface area (Å²) in [7, 11) is 4.48. The summed E-state index contributed by atoms with van der Waals surface area (Å²) in [5.74, 6) is 1.70. The smallest absolute Gasteiger partial charge is 0.0769 e. The molecule has 0 aliphatic heterocycles. The maximum absolute atomic E-state index is 2.24. The van der Waals surface area contributed by atoms with Gasteiger partial charge in [-0.3, -0.25) is 0 Å². The highest BCUT2D eigenvalue weighted by Crippen LogP contribution is 2.12. The van der Waals surface area contributed by atoms with Crippen LogP contribution >= 0.6 is 0 Å². The lowest BCUT2D eigenvalue weighted by Gasteiger charge is -2.05. The van der Waals surface area contributed by atoms with Crippen LogP contribution < -0.4 is 0 Å². The zero-order valence-electron chi connectivity index (χ0n) is 5.15. The third-order valence-corrected chi connectivity index (χ3v) is 1.33. The first-order chi connectivity index (χ1) is 2.64. The molecule has 0 spiro atoms. The van der Waals surface area contributed by atoms with Crippen LogP contribution in [-0.4, -0.2) is 15.7 Å². The largest absolute Gasteiger partial charge is 0.104 e. The predicted octanol–water partition coefficient (Wildman–Crippen LogP) is -0.131. The second-order valence-electron chi connectivity index (χ2n) is 2.49. The van der Waals surface area contributed by atoms with Gasteiger partial charge >= 0.3 is 0 Å². The van der Waals surface area contributed by atoms with Crippen molar-refractivity contribution in [3.8, 4) is 0 Å². The van der Waals surface area contributed by atoms with E-state index in [0.29, 0.717) is 0 Å². The molecule has 0 heterocycles. The zero-order chi connectivity index (χ0) is 5.15. The molecule has 0 bridgehead atoms. The summed E-state index contributed by atoms with van der Waals surface area (Å²) in [4.78, 5) is 0. The van der Waals surface area contributed by atoms with Gasteiger partial charge in [0.15, 0.2) is 0 Å². The lowest BCUT2D eigenvalue weighted by Crippen LogP contribution is -1.92. The quantitative estimate of drug-likeness (QED) is 0.386. The van der Waals surface area contributed by atoms with Gasteiger partial charge < -0.3 is 0 Å². The Hall–Kier alpha value is 0.130. The van der Waals surface area contributed by atoms with Crippen LogP contribution in [-0.2, 0) is 0 Å². The van der Waals surface area contributed by atoms with E-state index in [-0.39, 0.29) is 0 Å². The summed E-state index contributed by atoms with van der Waals surface area (Å²) in [6.07, 6.45) is 0. The maximum atomic E-state index is 2.24. The van der Waals surface area contributed by atoms with Gasteiger partial charge in [0.2, 0.25) is 0 Å². The SMILES string of the molecule is BC(C)C(B)C. The van der Waals surface area contributed by atoms with Crippen molar-refractivity contribution in [1.82, 2.24) is 0 Å². The highest BCUT2D eigenvalue weighted by Gasteiger charge is 1.96. The fourth-order valence-corrected chi connectivity index (χ4v) is 0. The van der Waals surface area contributed by atoms with Crippen molar-refractivity contribution in [3.63, 3.8) is 0 Å².